The van der Waals surface area contributed by atoms with Crippen LogP contribution in [0, 0.1) is 6.92 Å². The highest BCUT2D eigenvalue weighted by Gasteiger charge is 2.17. The van der Waals surface area contributed by atoms with E-state index < -0.39 is 0 Å². The van der Waals surface area contributed by atoms with Crippen LogP contribution in [0.5, 0.6) is 0 Å². The van der Waals surface area contributed by atoms with Crippen LogP contribution in [0.15, 0.2) is 33.2 Å². The zero-order chi connectivity index (χ0) is 16.9. The molecule has 0 aliphatic carbocycles. The number of rotatable bonds is 5. The van der Waals surface area contributed by atoms with E-state index in [2.05, 4.69) is 31.5 Å². The number of carbonyl (C=O) groups is 1. The predicted octanol–water partition coefficient (Wildman–Crippen LogP) is 4.06. The molecule has 8 heteroatoms. The lowest BCUT2D eigenvalue weighted by Crippen LogP contribution is -2.42. The lowest BCUT2D eigenvalue weighted by Gasteiger charge is -2.23. The van der Waals surface area contributed by atoms with Gasteiger partial charge in [-0.3, -0.25) is 4.79 Å². The Bertz CT molecular complexity index is 701. The molecule has 1 aromatic carbocycles. The third-order valence-electron chi connectivity index (χ3n) is 4.22. The molecule has 1 aliphatic heterocycles. The van der Waals surface area contributed by atoms with Crippen LogP contribution >= 0.6 is 40.7 Å². The Morgan fingerprint density at radius 2 is 1.92 bits per heavy atom. The first-order valence-electron chi connectivity index (χ1n) is 8.34. The van der Waals surface area contributed by atoms with Crippen molar-refractivity contribution in [2.45, 2.75) is 38.6 Å². The van der Waals surface area contributed by atoms with E-state index in [1.165, 1.54) is 0 Å². The second-order valence-corrected chi connectivity index (χ2v) is 7.04. The van der Waals surface area contributed by atoms with Gasteiger partial charge in [0.05, 0.1) is 5.69 Å². The summed E-state index contributed by atoms with van der Waals surface area (Å²) in [5.74, 6) is 1.46. The number of nitrogens with one attached hydrogen (secondary N) is 2. The van der Waals surface area contributed by atoms with Crippen molar-refractivity contribution >= 4 is 46.7 Å². The summed E-state index contributed by atoms with van der Waals surface area (Å²) in [6.07, 6.45) is 2.92. The minimum atomic E-state index is 0. The van der Waals surface area contributed by atoms with Gasteiger partial charge >= 0.3 is 0 Å². The summed E-state index contributed by atoms with van der Waals surface area (Å²) in [5.41, 5.74) is 1.85. The van der Waals surface area contributed by atoms with Crippen LogP contribution in [0.4, 0.5) is 0 Å². The Labute approximate surface area is 174 Å². The molecule has 0 saturated carbocycles. The molecule has 5 nitrogen and oxygen atoms in total. The molecule has 1 saturated heterocycles. The Kier molecular flexibility index (Phi) is 9.64. The fourth-order valence-corrected chi connectivity index (χ4v) is 3.18. The van der Waals surface area contributed by atoms with Gasteiger partial charge in [0.25, 0.3) is 0 Å². The van der Waals surface area contributed by atoms with Gasteiger partial charge in [0.1, 0.15) is 0 Å². The van der Waals surface area contributed by atoms with E-state index in [0.29, 0.717) is 24.8 Å². The first-order valence-corrected chi connectivity index (χ1v) is 9.13. The molecule has 26 heavy (non-hydrogen) atoms. The van der Waals surface area contributed by atoms with Gasteiger partial charge in [-0.2, -0.15) is 0 Å². The van der Waals surface area contributed by atoms with Gasteiger partial charge in [0, 0.05) is 28.9 Å². The average Bonchev–Trinajstić information content (AvgIpc) is 2.95. The van der Waals surface area contributed by atoms with E-state index in [1.807, 2.05) is 31.2 Å². The van der Waals surface area contributed by atoms with E-state index in [9.17, 15) is 4.79 Å². The second kappa shape index (κ2) is 10.9. The van der Waals surface area contributed by atoms with E-state index >= 15 is 0 Å². The van der Waals surface area contributed by atoms with E-state index in [-0.39, 0.29) is 30.7 Å². The number of aryl methyl sites for hydroxylation is 2. The summed E-state index contributed by atoms with van der Waals surface area (Å²) >= 11 is 3.43. The number of benzene rings is 1. The molecule has 2 aromatic rings. The highest BCUT2D eigenvalue weighted by atomic mass is 79.9. The van der Waals surface area contributed by atoms with Gasteiger partial charge in [0.2, 0.25) is 5.91 Å². The maximum absolute atomic E-state index is 12.1. The number of aromatic nitrogens is 1. The molecule has 3 rings (SSSR count). The number of hydrogen-bond acceptors (Lipinski definition) is 4. The van der Waals surface area contributed by atoms with Gasteiger partial charge in [0.15, 0.2) is 11.7 Å². The summed E-state index contributed by atoms with van der Waals surface area (Å²) in [4.78, 5) is 16.5. The number of nitrogens with zero attached hydrogens (tertiary/aromatic N) is 1. The van der Waals surface area contributed by atoms with Crippen molar-refractivity contribution in [1.29, 1.82) is 0 Å². The van der Waals surface area contributed by atoms with Gasteiger partial charge < -0.3 is 15.1 Å². The van der Waals surface area contributed by atoms with Crippen LogP contribution in [0.1, 0.15) is 30.8 Å². The summed E-state index contributed by atoms with van der Waals surface area (Å²) < 4.78 is 6.89. The molecule has 2 heterocycles. The van der Waals surface area contributed by atoms with Gasteiger partial charge in [-0.05, 0) is 45.0 Å². The molecule has 1 aromatic heterocycles. The van der Waals surface area contributed by atoms with Crippen molar-refractivity contribution < 1.29 is 9.21 Å². The van der Waals surface area contributed by atoms with Gasteiger partial charge in [-0.25, -0.2) is 4.98 Å². The molecule has 1 aliphatic rings. The number of piperidine rings is 1. The van der Waals surface area contributed by atoms with Crippen molar-refractivity contribution in [2.75, 3.05) is 13.1 Å². The standard InChI is InChI=1S/C18H22BrN3O2.2ClH/c1-12-18(13-2-4-14(19)5-3-13)24-17(21-12)7-6-16(23)22-15-8-10-20-11-9-15;;/h2-5,15,20H,6-11H2,1H3,(H,22,23);2*1H. The monoisotopic (exact) mass is 463 g/mol. The van der Waals surface area contributed by atoms with Crippen molar-refractivity contribution in [1.82, 2.24) is 15.6 Å². The minimum Gasteiger partial charge on any atom is -0.440 e. The number of amides is 1. The summed E-state index contributed by atoms with van der Waals surface area (Å²) in [6.45, 7) is 3.88. The smallest absolute Gasteiger partial charge is 0.220 e. The van der Waals surface area contributed by atoms with Gasteiger partial charge in [-0.15, -0.1) is 24.8 Å². The van der Waals surface area contributed by atoms with Crippen LogP contribution in [-0.4, -0.2) is 30.0 Å². The molecule has 0 unspecified atom stereocenters. The molecule has 144 valence electrons. The van der Waals surface area contributed by atoms with Crippen LogP contribution in [0.3, 0.4) is 0 Å². The second-order valence-electron chi connectivity index (χ2n) is 6.12. The maximum atomic E-state index is 12.1. The summed E-state index contributed by atoms with van der Waals surface area (Å²) in [6, 6.07) is 8.23. The molecule has 2 N–H and O–H groups in total. The minimum absolute atomic E-state index is 0. The number of halogens is 3. The molecule has 0 spiro atoms. The van der Waals surface area contributed by atoms with Crippen molar-refractivity contribution in [3.63, 3.8) is 0 Å². The quantitative estimate of drug-likeness (QED) is 0.700. The maximum Gasteiger partial charge on any atom is 0.220 e. The fourth-order valence-electron chi connectivity index (χ4n) is 2.91. The zero-order valence-corrected chi connectivity index (χ0v) is 17.8. The van der Waals surface area contributed by atoms with Crippen molar-refractivity contribution in [3.05, 3.63) is 40.3 Å². The third kappa shape index (κ3) is 6.27. The lowest BCUT2D eigenvalue weighted by molar-refractivity contribution is -0.122. The normalized spacial score (nSPS) is 14.2. The number of hydrogen-bond donors (Lipinski definition) is 2. The topological polar surface area (TPSA) is 67.2 Å². The SMILES string of the molecule is Cc1nc(CCC(=O)NC2CCNCC2)oc1-c1ccc(Br)cc1.Cl.Cl. The molecular formula is C18H24BrCl2N3O2. The predicted molar refractivity (Wildman–Crippen MR) is 111 cm³/mol. The van der Waals surface area contributed by atoms with E-state index in [4.69, 9.17) is 4.42 Å². The number of oxazole rings is 1. The van der Waals surface area contributed by atoms with E-state index in [1.54, 1.807) is 0 Å². The molecule has 1 fully saturated rings. The van der Waals surface area contributed by atoms with Crippen LogP contribution in [-0.2, 0) is 11.2 Å². The zero-order valence-electron chi connectivity index (χ0n) is 14.6. The van der Waals surface area contributed by atoms with Crippen LogP contribution in [0.2, 0.25) is 0 Å². The first kappa shape index (κ1) is 23.0. The van der Waals surface area contributed by atoms with Crippen LogP contribution in [0.25, 0.3) is 11.3 Å². The first-order chi connectivity index (χ1) is 11.6. The van der Waals surface area contributed by atoms with Crippen molar-refractivity contribution in [3.8, 4) is 11.3 Å². The van der Waals surface area contributed by atoms with Gasteiger partial charge in [-0.1, -0.05) is 28.1 Å². The lowest BCUT2D eigenvalue weighted by atomic mass is 10.1. The average molecular weight is 465 g/mol. The molecule has 0 radical (unpaired) electrons. The molecule has 0 atom stereocenters. The Hall–Kier alpha value is -1.08. The fraction of sp³-hybridized carbons (Fsp3) is 0.444. The Balaban J connectivity index is 0.00000169. The molecule has 1 amide bonds. The summed E-state index contributed by atoms with van der Waals surface area (Å²) in [5, 5.41) is 6.39. The van der Waals surface area contributed by atoms with E-state index in [0.717, 1.165) is 47.4 Å². The largest absolute Gasteiger partial charge is 0.440 e. The molecule has 0 bridgehead atoms. The summed E-state index contributed by atoms with van der Waals surface area (Å²) in [7, 11) is 0. The highest BCUT2D eigenvalue weighted by molar-refractivity contribution is 9.10. The Morgan fingerprint density at radius 1 is 1.27 bits per heavy atom. The Morgan fingerprint density at radius 3 is 2.58 bits per heavy atom. The number of carbonyl (C=O) groups excluding carboxylic acids is 1. The van der Waals surface area contributed by atoms with Crippen molar-refractivity contribution in [2.24, 2.45) is 0 Å². The molecular weight excluding hydrogens is 441 g/mol. The third-order valence-corrected chi connectivity index (χ3v) is 4.75. The highest BCUT2D eigenvalue weighted by Crippen LogP contribution is 2.26. The van der Waals surface area contributed by atoms with Crippen LogP contribution < -0.4 is 10.6 Å².